The molecule has 0 amide bonds. The molecule has 5 rings (SSSR count). The van der Waals surface area contributed by atoms with Crippen LogP contribution in [0.2, 0.25) is 5.02 Å². The van der Waals surface area contributed by atoms with Crippen LogP contribution in [-0.2, 0) is 5.75 Å². The molecular weight excluding hydrogens is 422 g/mol. The molecule has 0 aliphatic heterocycles. The first-order valence-corrected chi connectivity index (χ1v) is 11.1. The summed E-state index contributed by atoms with van der Waals surface area (Å²) in [6, 6.07) is 19.2. The van der Waals surface area contributed by atoms with Gasteiger partial charge in [0.25, 0.3) is 5.56 Å². The normalized spacial score (nSPS) is 11.3. The van der Waals surface area contributed by atoms with Gasteiger partial charge in [0.2, 0.25) is 0 Å². The zero-order chi connectivity index (χ0) is 19.8. The number of pyridine rings is 1. The van der Waals surface area contributed by atoms with Gasteiger partial charge in [-0.3, -0.25) is 14.3 Å². The van der Waals surface area contributed by atoms with Crippen LogP contribution in [0, 0.1) is 0 Å². The second kappa shape index (κ2) is 7.63. The highest BCUT2D eigenvalue weighted by atomic mass is 35.5. The molecule has 0 bridgehead atoms. The minimum Gasteiger partial charge on any atom is -0.268 e. The Morgan fingerprint density at radius 3 is 2.59 bits per heavy atom. The molecular formula is C22H14ClN3OS2. The Morgan fingerprint density at radius 2 is 1.79 bits per heavy atom. The van der Waals surface area contributed by atoms with Crippen molar-refractivity contribution in [2.45, 2.75) is 10.9 Å². The summed E-state index contributed by atoms with van der Waals surface area (Å²) in [7, 11) is 0. The number of para-hydroxylation sites is 1. The second-order valence-corrected chi connectivity index (χ2v) is 8.84. The number of fused-ring (bicyclic) bond motifs is 2. The van der Waals surface area contributed by atoms with E-state index >= 15 is 0 Å². The molecule has 0 N–H and O–H groups in total. The Bertz CT molecular complexity index is 1400. The topological polar surface area (TPSA) is 47.8 Å². The average molecular weight is 436 g/mol. The van der Waals surface area contributed by atoms with Crippen molar-refractivity contribution in [1.29, 1.82) is 0 Å². The molecule has 142 valence electrons. The zero-order valence-electron chi connectivity index (χ0n) is 15.1. The molecule has 0 unspecified atom stereocenters. The van der Waals surface area contributed by atoms with Crippen molar-refractivity contribution in [3.8, 4) is 5.69 Å². The highest BCUT2D eigenvalue weighted by molar-refractivity contribution is 7.98. The van der Waals surface area contributed by atoms with Crippen LogP contribution in [-0.4, -0.2) is 14.5 Å². The standard InChI is InChI=1S/C22H14ClN3OS2/c23-20-16-8-2-4-10-18(16)29-19(20)13-28-22-25-17-9-3-1-7-15(17)21(27)26(22)14-6-5-11-24-12-14/h1-12H,13H2. The Morgan fingerprint density at radius 1 is 1.00 bits per heavy atom. The molecule has 0 fully saturated rings. The first-order chi connectivity index (χ1) is 14.2. The first-order valence-electron chi connectivity index (χ1n) is 8.93. The average Bonchev–Trinajstić information content (AvgIpc) is 3.09. The van der Waals surface area contributed by atoms with E-state index in [1.165, 1.54) is 11.8 Å². The largest absolute Gasteiger partial charge is 0.268 e. The summed E-state index contributed by atoms with van der Waals surface area (Å²) in [6.45, 7) is 0. The number of nitrogens with zero attached hydrogens (tertiary/aromatic N) is 3. The molecule has 29 heavy (non-hydrogen) atoms. The quantitative estimate of drug-likeness (QED) is 0.259. The van der Waals surface area contributed by atoms with Gasteiger partial charge in [0.05, 0.1) is 27.8 Å². The molecule has 3 aromatic heterocycles. The third-order valence-corrected chi connectivity index (χ3v) is 7.45. The van der Waals surface area contributed by atoms with Crippen LogP contribution in [0.1, 0.15) is 4.88 Å². The molecule has 0 spiro atoms. The van der Waals surface area contributed by atoms with Gasteiger partial charge in [-0.25, -0.2) is 4.98 Å². The third kappa shape index (κ3) is 3.33. The van der Waals surface area contributed by atoms with Crippen LogP contribution in [0.3, 0.4) is 0 Å². The number of rotatable bonds is 4. The number of halogens is 1. The molecule has 0 saturated heterocycles. The van der Waals surface area contributed by atoms with E-state index in [0.717, 1.165) is 20.0 Å². The van der Waals surface area contributed by atoms with E-state index in [1.807, 2.05) is 48.5 Å². The maximum Gasteiger partial charge on any atom is 0.266 e. The van der Waals surface area contributed by atoms with Crippen molar-refractivity contribution in [2.24, 2.45) is 0 Å². The van der Waals surface area contributed by atoms with Crippen molar-refractivity contribution in [3.63, 3.8) is 0 Å². The Labute approximate surface area is 179 Å². The lowest BCUT2D eigenvalue weighted by molar-refractivity contribution is 0.815. The maximum atomic E-state index is 13.2. The molecule has 0 saturated carbocycles. The van der Waals surface area contributed by atoms with Gasteiger partial charge in [-0.15, -0.1) is 11.3 Å². The van der Waals surface area contributed by atoms with Gasteiger partial charge in [0.15, 0.2) is 5.16 Å². The molecule has 0 aliphatic rings. The fourth-order valence-corrected chi connectivity index (χ4v) is 5.88. The first kappa shape index (κ1) is 18.4. The highest BCUT2D eigenvalue weighted by Gasteiger charge is 2.16. The van der Waals surface area contributed by atoms with Crippen LogP contribution >= 0.6 is 34.7 Å². The van der Waals surface area contributed by atoms with Gasteiger partial charge in [-0.1, -0.05) is 53.7 Å². The lowest BCUT2D eigenvalue weighted by Crippen LogP contribution is -2.21. The minimum atomic E-state index is -0.103. The molecule has 0 atom stereocenters. The van der Waals surface area contributed by atoms with Gasteiger partial charge >= 0.3 is 0 Å². The van der Waals surface area contributed by atoms with E-state index in [-0.39, 0.29) is 5.56 Å². The Hall–Kier alpha value is -2.67. The number of benzene rings is 2. The van der Waals surface area contributed by atoms with Crippen LogP contribution in [0.15, 0.2) is 83.0 Å². The van der Waals surface area contributed by atoms with Gasteiger partial charge in [0.1, 0.15) is 0 Å². The van der Waals surface area contributed by atoms with Crippen LogP contribution < -0.4 is 5.56 Å². The predicted octanol–water partition coefficient (Wildman–Crippen LogP) is 5.94. The molecule has 2 aromatic carbocycles. The van der Waals surface area contributed by atoms with Gasteiger partial charge in [-0.2, -0.15) is 0 Å². The van der Waals surface area contributed by atoms with Crippen molar-refractivity contribution in [2.75, 3.05) is 0 Å². The van der Waals surface area contributed by atoms with Crippen molar-refractivity contribution < 1.29 is 0 Å². The van der Waals surface area contributed by atoms with Gasteiger partial charge in [0, 0.05) is 26.9 Å². The van der Waals surface area contributed by atoms with Gasteiger partial charge in [-0.05, 0) is 30.3 Å². The van der Waals surface area contributed by atoms with E-state index in [4.69, 9.17) is 16.6 Å². The summed E-state index contributed by atoms with van der Waals surface area (Å²) in [4.78, 5) is 23.2. The molecule has 0 radical (unpaired) electrons. The Kier molecular flexibility index (Phi) is 4.83. The van der Waals surface area contributed by atoms with Crippen molar-refractivity contribution in [3.05, 3.63) is 93.3 Å². The van der Waals surface area contributed by atoms with Crippen LogP contribution in [0.5, 0.6) is 0 Å². The Balaban J connectivity index is 1.62. The number of thioether (sulfide) groups is 1. The predicted molar refractivity (Wildman–Crippen MR) is 122 cm³/mol. The fourth-order valence-electron chi connectivity index (χ4n) is 3.21. The summed E-state index contributed by atoms with van der Waals surface area (Å²) < 4.78 is 2.78. The van der Waals surface area contributed by atoms with Crippen molar-refractivity contribution in [1.82, 2.24) is 14.5 Å². The maximum absolute atomic E-state index is 13.2. The highest BCUT2D eigenvalue weighted by Crippen LogP contribution is 2.38. The van der Waals surface area contributed by atoms with E-state index in [1.54, 1.807) is 34.4 Å². The number of hydrogen-bond acceptors (Lipinski definition) is 5. The summed E-state index contributed by atoms with van der Waals surface area (Å²) in [6.07, 6.45) is 3.36. The van der Waals surface area contributed by atoms with E-state index in [0.29, 0.717) is 27.5 Å². The monoisotopic (exact) mass is 435 g/mol. The molecule has 3 heterocycles. The smallest absolute Gasteiger partial charge is 0.266 e. The van der Waals surface area contributed by atoms with Crippen LogP contribution in [0.25, 0.3) is 26.7 Å². The lowest BCUT2D eigenvalue weighted by Gasteiger charge is -2.12. The zero-order valence-corrected chi connectivity index (χ0v) is 17.5. The molecule has 5 aromatic rings. The summed E-state index contributed by atoms with van der Waals surface area (Å²) in [5.41, 5.74) is 1.27. The van der Waals surface area contributed by atoms with E-state index < -0.39 is 0 Å². The number of thiophene rings is 1. The summed E-state index contributed by atoms with van der Waals surface area (Å²) >= 11 is 9.78. The minimum absolute atomic E-state index is 0.103. The van der Waals surface area contributed by atoms with Crippen molar-refractivity contribution >= 4 is 55.7 Å². The van der Waals surface area contributed by atoms with Crippen LogP contribution in [0.4, 0.5) is 0 Å². The van der Waals surface area contributed by atoms with E-state index in [9.17, 15) is 4.79 Å². The number of aromatic nitrogens is 3. The molecule has 7 heteroatoms. The lowest BCUT2D eigenvalue weighted by atomic mass is 10.2. The van der Waals surface area contributed by atoms with Gasteiger partial charge < -0.3 is 0 Å². The summed E-state index contributed by atoms with van der Waals surface area (Å²) in [5.74, 6) is 0.628. The molecule has 0 aliphatic carbocycles. The number of hydrogen-bond donors (Lipinski definition) is 0. The second-order valence-electron chi connectivity index (χ2n) is 6.39. The summed E-state index contributed by atoms with van der Waals surface area (Å²) in [5, 5.41) is 3.04. The SMILES string of the molecule is O=c1c2ccccc2nc(SCc2sc3ccccc3c2Cl)n1-c1cccnc1. The fraction of sp³-hybridized carbons (Fsp3) is 0.0455. The molecule has 4 nitrogen and oxygen atoms in total. The van der Waals surface area contributed by atoms with E-state index in [2.05, 4.69) is 11.1 Å². The third-order valence-electron chi connectivity index (χ3n) is 4.58.